The van der Waals surface area contributed by atoms with Crippen molar-refractivity contribution < 1.29 is 14.1 Å². The van der Waals surface area contributed by atoms with Gasteiger partial charge in [0.25, 0.3) is 5.91 Å². The molecule has 2 aromatic carbocycles. The Morgan fingerprint density at radius 1 is 1.24 bits per heavy atom. The van der Waals surface area contributed by atoms with Gasteiger partial charge in [0.15, 0.2) is 0 Å². The minimum absolute atomic E-state index is 0.0511. The molecule has 0 aliphatic heterocycles. The van der Waals surface area contributed by atoms with E-state index in [9.17, 15) is 19.3 Å². The Bertz CT molecular complexity index is 684. The van der Waals surface area contributed by atoms with Gasteiger partial charge in [-0.25, -0.2) is 0 Å². The van der Waals surface area contributed by atoms with Crippen LogP contribution in [0.4, 0.5) is 10.1 Å². The van der Waals surface area contributed by atoms with Gasteiger partial charge in [0.2, 0.25) is 5.82 Å². The minimum Gasteiger partial charge on any atom is -0.348 e. The highest BCUT2D eigenvalue weighted by Crippen LogP contribution is 2.18. The number of aryl methyl sites for hydroxylation is 1. The molecule has 0 fully saturated rings. The number of nitro groups is 1. The lowest BCUT2D eigenvalue weighted by atomic mass is 10.1. The Kier molecular flexibility index (Phi) is 4.27. The molecular formula is C15H13FN2O3. The number of nitrogens with one attached hydrogen (secondary N) is 1. The summed E-state index contributed by atoms with van der Waals surface area (Å²) >= 11 is 0. The number of nitrogens with zero attached hydrogens (tertiary/aromatic N) is 1. The van der Waals surface area contributed by atoms with Crippen molar-refractivity contribution in [1.29, 1.82) is 0 Å². The fourth-order valence-corrected chi connectivity index (χ4v) is 1.78. The number of hydrogen-bond donors (Lipinski definition) is 1. The number of rotatable bonds is 4. The first-order valence-electron chi connectivity index (χ1n) is 6.25. The van der Waals surface area contributed by atoms with Gasteiger partial charge in [-0.15, -0.1) is 0 Å². The van der Waals surface area contributed by atoms with Gasteiger partial charge < -0.3 is 5.32 Å². The number of halogens is 1. The fourth-order valence-electron chi connectivity index (χ4n) is 1.78. The maximum absolute atomic E-state index is 13.2. The van der Waals surface area contributed by atoms with Crippen LogP contribution < -0.4 is 5.32 Å². The van der Waals surface area contributed by atoms with Crippen LogP contribution in [0.1, 0.15) is 21.5 Å². The van der Waals surface area contributed by atoms with E-state index in [2.05, 4.69) is 5.32 Å². The third-order valence-corrected chi connectivity index (χ3v) is 2.98. The van der Waals surface area contributed by atoms with E-state index in [1.807, 2.05) is 31.2 Å². The first-order valence-corrected chi connectivity index (χ1v) is 6.25. The van der Waals surface area contributed by atoms with Crippen LogP contribution in [0, 0.1) is 22.9 Å². The summed E-state index contributed by atoms with van der Waals surface area (Å²) in [6.45, 7) is 2.25. The summed E-state index contributed by atoms with van der Waals surface area (Å²) in [7, 11) is 0. The van der Waals surface area contributed by atoms with E-state index in [1.165, 1.54) is 6.07 Å². The van der Waals surface area contributed by atoms with Crippen molar-refractivity contribution in [3.63, 3.8) is 0 Å². The third kappa shape index (κ3) is 3.62. The lowest BCUT2D eigenvalue weighted by molar-refractivity contribution is -0.387. The highest BCUT2D eigenvalue weighted by atomic mass is 19.1. The Labute approximate surface area is 120 Å². The number of amides is 1. The molecule has 21 heavy (non-hydrogen) atoms. The molecule has 2 rings (SSSR count). The van der Waals surface area contributed by atoms with Crippen molar-refractivity contribution in [3.05, 3.63) is 75.1 Å². The first-order chi connectivity index (χ1) is 9.97. The molecule has 0 aromatic heterocycles. The van der Waals surface area contributed by atoms with Gasteiger partial charge >= 0.3 is 5.69 Å². The van der Waals surface area contributed by atoms with Crippen LogP contribution >= 0.6 is 0 Å². The van der Waals surface area contributed by atoms with Gasteiger partial charge in [0.05, 0.1) is 4.92 Å². The molecule has 0 atom stereocenters. The summed E-state index contributed by atoms with van der Waals surface area (Å²) in [5.41, 5.74) is 1.36. The van der Waals surface area contributed by atoms with E-state index in [0.717, 1.165) is 23.3 Å². The largest absolute Gasteiger partial charge is 0.348 e. The fraction of sp³-hybridized carbons (Fsp3) is 0.133. The molecule has 0 saturated carbocycles. The van der Waals surface area contributed by atoms with Gasteiger partial charge in [0, 0.05) is 18.2 Å². The van der Waals surface area contributed by atoms with E-state index in [-0.39, 0.29) is 5.56 Å². The summed E-state index contributed by atoms with van der Waals surface area (Å²) in [5.74, 6) is -1.45. The number of benzene rings is 2. The van der Waals surface area contributed by atoms with Crippen LogP contribution in [-0.4, -0.2) is 10.8 Å². The zero-order valence-corrected chi connectivity index (χ0v) is 11.3. The monoisotopic (exact) mass is 288 g/mol. The lowest BCUT2D eigenvalue weighted by Crippen LogP contribution is -2.22. The van der Waals surface area contributed by atoms with Gasteiger partial charge in [-0.05, 0) is 24.6 Å². The Morgan fingerprint density at radius 2 is 1.90 bits per heavy atom. The highest BCUT2D eigenvalue weighted by molar-refractivity contribution is 5.94. The van der Waals surface area contributed by atoms with Crippen LogP contribution in [0.25, 0.3) is 0 Å². The molecule has 0 spiro atoms. The first kappa shape index (κ1) is 14.6. The summed E-state index contributed by atoms with van der Waals surface area (Å²) in [4.78, 5) is 21.7. The molecule has 0 heterocycles. The van der Waals surface area contributed by atoms with Crippen LogP contribution in [-0.2, 0) is 6.54 Å². The maximum atomic E-state index is 13.2. The molecular weight excluding hydrogens is 275 g/mol. The zero-order chi connectivity index (χ0) is 15.4. The number of carbonyl (C=O) groups is 1. The molecule has 0 unspecified atom stereocenters. The Hall–Kier alpha value is -2.76. The van der Waals surface area contributed by atoms with Crippen molar-refractivity contribution in [2.75, 3.05) is 0 Å². The average Bonchev–Trinajstić information content (AvgIpc) is 2.46. The normalized spacial score (nSPS) is 10.2. The van der Waals surface area contributed by atoms with Crippen molar-refractivity contribution in [2.45, 2.75) is 13.5 Å². The molecule has 1 amide bonds. The lowest BCUT2D eigenvalue weighted by Gasteiger charge is -2.06. The summed E-state index contributed by atoms with van der Waals surface area (Å²) in [6, 6.07) is 10.7. The predicted molar refractivity (Wildman–Crippen MR) is 75.4 cm³/mol. The highest BCUT2D eigenvalue weighted by Gasteiger charge is 2.17. The summed E-state index contributed by atoms with van der Waals surface area (Å²) in [5, 5.41) is 13.3. The van der Waals surface area contributed by atoms with E-state index < -0.39 is 22.3 Å². The van der Waals surface area contributed by atoms with Crippen LogP contribution in [0.15, 0.2) is 42.5 Å². The number of hydrogen-bond acceptors (Lipinski definition) is 3. The number of nitro benzene ring substituents is 1. The predicted octanol–water partition coefficient (Wildman–Crippen LogP) is 2.97. The third-order valence-electron chi connectivity index (χ3n) is 2.98. The van der Waals surface area contributed by atoms with Gasteiger partial charge in [0.1, 0.15) is 0 Å². The molecule has 0 saturated heterocycles. The van der Waals surface area contributed by atoms with Crippen molar-refractivity contribution >= 4 is 11.6 Å². The molecule has 6 heteroatoms. The molecule has 0 bridgehead atoms. The van der Waals surface area contributed by atoms with Crippen molar-refractivity contribution in [1.82, 2.24) is 5.32 Å². The molecule has 0 aliphatic carbocycles. The molecule has 0 radical (unpaired) electrons. The van der Waals surface area contributed by atoms with Crippen molar-refractivity contribution in [3.8, 4) is 0 Å². The molecule has 5 nitrogen and oxygen atoms in total. The van der Waals surface area contributed by atoms with Crippen LogP contribution in [0.5, 0.6) is 0 Å². The van der Waals surface area contributed by atoms with E-state index >= 15 is 0 Å². The van der Waals surface area contributed by atoms with Gasteiger partial charge in [-0.3, -0.25) is 14.9 Å². The van der Waals surface area contributed by atoms with E-state index in [1.54, 1.807) is 0 Å². The average molecular weight is 288 g/mol. The van der Waals surface area contributed by atoms with Crippen LogP contribution in [0.2, 0.25) is 0 Å². The van der Waals surface area contributed by atoms with Crippen LogP contribution in [0.3, 0.4) is 0 Å². The smallest absolute Gasteiger partial charge is 0.305 e. The minimum atomic E-state index is -0.963. The number of carbonyl (C=O) groups excluding carboxylic acids is 1. The maximum Gasteiger partial charge on any atom is 0.305 e. The second-order valence-corrected chi connectivity index (χ2v) is 4.59. The molecule has 1 N–H and O–H groups in total. The van der Waals surface area contributed by atoms with Gasteiger partial charge in [-0.2, -0.15) is 4.39 Å². The summed E-state index contributed by atoms with van der Waals surface area (Å²) in [6.07, 6.45) is 0. The molecule has 2 aromatic rings. The summed E-state index contributed by atoms with van der Waals surface area (Å²) < 4.78 is 13.2. The SMILES string of the molecule is Cc1ccc(CNC(=O)c2ccc(F)c([N+](=O)[O-])c2)cc1. The topological polar surface area (TPSA) is 72.2 Å². The zero-order valence-electron chi connectivity index (χ0n) is 11.3. The van der Waals surface area contributed by atoms with Gasteiger partial charge in [-0.1, -0.05) is 29.8 Å². The second-order valence-electron chi connectivity index (χ2n) is 4.59. The molecule has 0 aliphatic rings. The van der Waals surface area contributed by atoms with Crippen molar-refractivity contribution in [2.24, 2.45) is 0 Å². The molecule has 108 valence electrons. The van der Waals surface area contributed by atoms with E-state index in [0.29, 0.717) is 6.54 Å². The second kappa shape index (κ2) is 6.13. The Balaban J connectivity index is 2.08. The Morgan fingerprint density at radius 3 is 2.52 bits per heavy atom. The van der Waals surface area contributed by atoms with E-state index in [4.69, 9.17) is 0 Å². The standard InChI is InChI=1S/C15H13FN2O3/c1-10-2-4-11(5-3-10)9-17-15(19)12-6-7-13(16)14(8-12)18(20)21/h2-8H,9H2,1H3,(H,17,19). The quantitative estimate of drug-likeness (QED) is 0.694.